The fourth-order valence-electron chi connectivity index (χ4n) is 2.28. The lowest BCUT2D eigenvalue weighted by molar-refractivity contribution is 0.00793. The molecule has 0 saturated carbocycles. The van der Waals surface area contributed by atoms with Gasteiger partial charge in [0.15, 0.2) is 27.3 Å². The van der Waals surface area contributed by atoms with Crippen LogP contribution in [-0.2, 0) is 37.9 Å². The van der Waals surface area contributed by atoms with Gasteiger partial charge in [0.2, 0.25) is 0 Å². The predicted molar refractivity (Wildman–Crippen MR) is 130 cm³/mol. The number of hydrogen-bond acceptors (Lipinski definition) is 12. The molecule has 208 valence electrons. The molecule has 0 fully saturated rings. The summed E-state index contributed by atoms with van der Waals surface area (Å²) >= 11 is 0. The number of carbonyl (C=O) groups is 4. The number of unbranched alkanes of at least 4 members (excludes halogenated alkanes) is 2. The molecule has 0 aromatic rings. The third-order valence-corrected chi connectivity index (χ3v) is 3.96. The second-order valence-electron chi connectivity index (χ2n) is 6.99. The zero-order chi connectivity index (χ0) is 27.4. The van der Waals surface area contributed by atoms with Crippen molar-refractivity contribution in [2.75, 3.05) is 92.4 Å². The van der Waals surface area contributed by atoms with Gasteiger partial charge in [0.1, 0.15) is 13.2 Å². The molecule has 0 aliphatic carbocycles. The topological polar surface area (TPSA) is 166 Å². The average molecular weight is 530 g/mol. The summed E-state index contributed by atoms with van der Waals surface area (Å²) in [5.41, 5.74) is 0. The van der Waals surface area contributed by atoms with Crippen molar-refractivity contribution in [3.8, 4) is 0 Å². The Morgan fingerprint density at radius 1 is 0.432 bits per heavy atom. The Balaban J connectivity index is 3.29. The summed E-state index contributed by atoms with van der Waals surface area (Å²) < 4.78 is 40.4. The van der Waals surface area contributed by atoms with Crippen molar-refractivity contribution >= 4 is 39.6 Å². The molecule has 16 heteroatoms. The van der Waals surface area contributed by atoms with Crippen LogP contribution in [0.3, 0.4) is 0 Å². The van der Waals surface area contributed by atoms with Crippen LogP contribution >= 0.6 is 0 Å². The summed E-state index contributed by atoms with van der Waals surface area (Å²) in [5.74, 6) is -1.22. The van der Waals surface area contributed by atoms with Gasteiger partial charge in [-0.3, -0.25) is 9.59 Å². The van der Waals surface area contributed by atoms with E-state index in [1.807, 2.05) is 0 Å². The quantitative estimate of drug-likeness (QED) is 0.0997. The third-order valence-electron chi connectivity index (χ3n) is 3.96. The Morgan fingerprint density at radius 3 is 1.14 bits per heavy atom. The van der Waals surface area contributed by atoms with E-state index < -0.39 is 23.9 Å². The predicted octanol–water partition coefficient (Wildman–Crippen LogP) is 0.286. The van der Waals surface area contributed by atoms with Crippen LogP contribution in [0.2, 0.25) is 0 Å². The molecule has 0 aliphatic heterocycles. The van der Waals surface area contributed by atoms with Gasteiger partial charge in [-0.1, -0.05) is 0 Å². The van der Waals surface area contributed by atoms with E-state index in [0.717, 1.165) is 0 Å². The molecule has 0 aromatic carbocycles. The second-order valence-corrected chi connectivity index (χ2v) is 6.99. The van der Waals surface area contributed by atoms with Gasteiger partial charge >= 0.3 is 12.3 Å². The first-order valence-corrected chi connectivity index (χ1v) is 11.9. The lowest BCUT2D eigenvalue weighted by Gasteiger charge is -2.08. The van der Waals surface area contributed by atoms with Gasteiger partial charge in [0.25, 0.3) is 0 Å². The maximum absolute atomic E-state index is 11.4. The summed E-state index contributed by atoms with van der Waals surface area (Å²) in [4.78, 5) is 43.8. The number of ether oxygens (including phenoxy) is 8. The molecular formula is C21H36B2N2O12. The van der Waals surface area contributed by atoms with Crippen LogP contribution in [0.15, 0.2) is 0 Å². The molecule has 0 atom stereocenters. The summed E-state index contributed by atoms with van der Waals surface area (Å²) in [6.07, 6.45) is 0.273. The smallest absolute Gasteiger partial charge is 0.434 e. The van der Waals surface area contributed by atoms with Gasteiger partial charge in [-0.25, -0.2) is 9.59 Å². The van der Waals surface area contributed by atoms with Gasteiger partial charge in [-0.15, -0.1) is 0 Å². The zero-order valence-electron chi connectivity index (χ0n) is 21.1. The first-order chi connectivity index (χ1) is 17.9. The van der Waals surface area contributed by atoms with Gasteiger partial charge in [0.05, 0.1) is 66.1 Å². The van der Waals surface area contributed by atoms with Crippen LogP contribution in [0.1, 0.15) is 19.3 Å². The van der Waals surface area contributed by atoms with E-state index in [4.69, 9.17) is 53.6 Å². The van der Waals surface area contributed by atoms with Crippen LogP contribution < -0.4 is 10.6 Å². The molecule has 2 N–H and O–H groups in total. The average Bonchev–Trinajstić information content (AvgIpc) is 2.85. The Bertz CT molecular complexity index is 566. The molecule has 14 nitrogen and oxygen atoms in total. The first kappa shape index (κ1) is 34.4. The first-order valence-electron chi connectivity index (χ1n) is 11.9. The normalized spacial score (nSPS) is 10.4. The monoisotopic (exact) mass is 530 g/mol. The van der Waals surface area contributed by atoms with Crippen LogP contribution in [-0.4, -0.2) is 132 Å². The molecule has 0 heterocycles. The minimum atomic E-state index is -0.786. The minimum Gasteiger partial charge on any atom is -0.434 e. The van der Waals surface area contributed by atoms with E-state index in [1.54, 1.807) is 0 Å². The summed E-state index contributed by atoms with van der Waals surface area (Å²) in [5, 5.41) is 4.77. The highest BCUT2D eigenvalue weighted by molar-refractivity contribution is 6.57. The van der Waals surface area contributed by atoms with E-state index in [1.165, 1.54) is 0 Å². The Hall–Kier alpha value is -2.55. The van der Waals surface area contributed by atoms with Crippen LogP contribution in [0.5, 0.6) is 0 Å². The van der Waals surface area contributed by atoms with E-state index in [9.17, 15) is 19.2 Å². The molecule has 4 radical (unpaired) electrons. The number of hydrogen-bond donors (Lipinski definition) is 2. The molecule has 0 saturated heterocycles. The second kappa shape index (κ2) is 26.5. The van der Waals surface area contributed by atoms with Crippen LogP contribution in [0, 0.1) is 0 Å². The molecule has 0 spiro atoms. The van der Waals surface area contributed by atoms with Crippen LogP contribution in [0.4, 0.5) is 19.2 Å². The summed E-state index contributed by atoms with van der Waals surface area (Å²) in [6, 6.07) is 0. The molecule has 0 bridgehead atoms. The molecule has 0 aromatic heterocycles. The maximum atomic E-state index is 11.4. The molecule has 2 amide bonds. The third kappa shape index (κ3) is 29.6. The van der Waals surface area contributed by atoms with E-state index >= 15 is 0 Å². The minimum absolute atomic E-state index is 0.0486. The van der Waals surface area contributed by atoms with Crippen LogP contribution in [0.25, 0.3) is 0 Å². The van der Waals surface area contributed by atoms with E-state index in [-0.39, 0.29) is 39.6 Å². The molecule has 0 aliphatic rings. The van der Waals surface area contributed by atoms with Gasteiger partial charge in [-0.05, 0) is 19.3 Å². The molecule has 0 unspecified atom stereocenters. The number of rotatable bonds is 24. The lowest BCUT2D eigenvalue weighted by Crippen LogP contribution is -2.26. The Morgan fingerprint density at radius 2 is 0.757 bits per heavy atom. The Labute approximate surface area is 219 Å². The molecule has 37 heavy (non-hydrogen) atoms. The van der Waals surface area contributed by atoms with E-state index in [2.05, 4.69) is 10.6 Å². The SMILES string of the molecule is [B]C(=O)NCCOCCOCCOC(=O)OCCCCCOC(=O)OCCOCCOCCNC([B])=O. The van der Waals surface area contributed by atoms with Crippen molar-refractivity contribution in [2.45, 2.75) is 19.3 Å². The van der Waals surface area contributed by atoms with Gasteiger partial charge in [-0.2, -0.15) is 0 Å². The van der Waals surface area contributed by atoms with Gasteiger partial charge in [0, 0.05) is 13.1 Å². The highest BCUT2D eigenvalue weighted by Gasteiger charge is 2.05. The summed E-state index contributed by atoms with van der Waals surface area (Å²) in [6.45, 7) is 3.42. The number of nitrogens with one attached hydrogen (secondary N) is 2. The largest absolute Gasteiger partial charge is 0.508 e. The number of carbonyl (C=O) groups excluding carboxylic acids is 4. The van der Waals surface area contributed by atoms with E-state index in [0.29, 0.717) is 72.0 Å². The molecule has 0 rings (SSSR count). The van der Waals surface area contributed by atoms with Crippen molar-refractivity contribution < 1.29 is 57.1 Å². The highest BCUT2D eigenvalue weighted by atomic mass is 16.7. The standard InChI is InChI=1S/C21H36B2N2O12/c22-18(26)24-4-8-30-10-12-32-14-16-36-20(28)34-6-2-1-3-7-35-21(29)37-17-15-33-13-11-31-9-5-25-19(23)27/h1-17H2,(H,24,26)(H,25,27). The van der Waals surface area contributed by atoms with Crippen molar-refractivity contribution in [3.63, 3.8) is 0 Å². The maximum Gasteiger partial charge on any atom is 0.508 e. The van der Waals surface area contributed by atoms with Gasteiger partial charge < -0.3 is 48.5 Å². The van der Waals surface area contributed by atoms with Crippen molar-refractivity contribution in [1.82, 2.24) is 10.6 Å². The fraction of sp³-hybridized carbons (Fsp3) is 0.810. The van der Waals surface area contributed by atoms with Crippen molar-refractivity contribution in [2.24, 2.45) is 0 Å². The molecular weight excluding hydrogens is 494 g/mol. The number of amides is 2. The van der Waals surface area contributed by atoms with Crippen molar-refractivity contribution in [1.29, 1.82) is 0 Å². The summed E-state index contributed by atoms with van der Waals surface area (Å²) in [7, 11) is 9.81. The Kier molecular flexibility index (Phi) is 24.7. The lowest BCUT2D eigenvalue weighted by atomic mass is 10.1. The fourth-order valence-corrected chi connectivity index (χ4v) is 2.28. The van der Waals surface area contributed by atoms with Crippen molar-refractivity contribution in [3.05, 3.63) is 0 Å². The zero-order valence-corrected chi connectivity index (χ0v) is 21.1. The highest BCUT2D eigenvalue weighted by Crippen LogP contribution is 1.99.